The maximum Gasteiger partial charge on any atom is 0.472 e. The first-order chi connectivity index (χ1) is 26.3. The number of phosphoric ester groups is 1. The molecule has 0 saturated carbocycles. The standard InChI is InChI=1S/C44H74NO8P/c1-3-5-7-9-11-13-15-17-19-20-21-22-23-25-26-28-30-32-34-36-43(46)50-40-42(41-52-54(48,49)51-39-38-45)53-44(47)37-35-33-31-29-27-24-18-16-14-12-10-8-6-4-2/h5,7,10-13,16-19,21-22,25-26,42H,3-4,6,8-9,14-15,20,23-24,27-41,45H2,1-2H3,(H,48,49)/b7-5+,12-10+,13-11+,18-16+,19-17+,22-21+,26-25+/t42-/m0/s1. The Morgan fingerprint density at radius 3 is 1.54 bits per heavy atom. The number of rotatable bonds is 37. The molecule has 10 heteroatoms. The normalized spacial score (nSPS) is 14.2. The SMILES string of the molecule is CC/C=C/C/C=C/C/C=C/C/C=C/C/C=C/CCCCCC(=O)OC[C@@H](COP(=O)(O)OCCN)OC(=O)CCCCCCC/C=C/C/C=C/CCCC. The second-order valence-electron chi connectivity index (χ2n) is 13.1. The summed E-state index contributed by atoms with van der Waals surface area (Å²) in [6.45, 7) is 3.49. The zero-order chi connectivity index (χ0) is 39.6. The minimum Gasteiger partial charge on any atom is -0.462 e. The van der Waals surface area contributed by atoms with Crippen LogP contribution in [0.2, 0.25) is 0 Å². The number of unbranched alkanes of at least 4 members (excludes halogenated alkanes) is 10. The Bertz CT molecular complexity index is 1160. The number of esters is 2. The van der Waals surface area contributed by atoms with Gasteiger partial charge in [-0.2, -0.15) is 0 Å². The number of ether oxygens (including phenoxy) is 2. The van der Waals surface area contributed by atoms with Gasteiger partial charge in [-0.05, 0) is 83.5 Å². The number of nitrogens with two attached hydrogens (primary N) is 1. The molecule has 0 aliphatic rings. The minimum atomic E-state index is -4.39. The number of phosphoric acid groups is 1. The van der Waals surface area contributed by atoms with Gasteiger partial charge in [-0.15, -0.1) is 0 Å². The molecule has 0 aromatic carbocycles. The number of carbonyl (C=O) groups is 2. The fraction of sp³-hybridized carbons (Fsp3) is 0.636. The van der Waals surface area contributed by atoms with Crippen molar-refractivity contribution in [2.45, 2.75) is 155 Å². The van der Waals surface area contributed by atoms with Crippen molar-refractivity contribution in [3.8, 4) is 0 Å². The largest absolute Gasteiger partial charge is 0.472 e. The van der Waals surface area contributed by atoms with Crippen LogP contribution in [0.3, 0.4) is 0 Å². The highest BCUT2D eigenvalue weighted by Gasteiger charge is 2.25. The van der Waals surface area contributed by atoms with Crippen molar-refractivity contribution in [3.63, 3.8) is 0 Å². The molecule has 0 saturated heterocycles. The molecule has 0 rings (SSSR count). The van der Waals surface area contributed by atoms with E-state index >= 15 is 0 Å². The number of carbonyl (C=O) groups excluding carboxylic acids is 2. The van der Waals surface area contributed by atoms with Crippen molar-refractivity contribution in [2.75, 3.05) is 26.4 Å². The highest BCUT2D eigenvalue weighted by Crippen LogP contribution is 2.43. The molecule has 0 spiro atoms. The molecule has 0 radical (unpaired) electrons. The van der Waals surface area contributed by atoms with Crippen molar-refractivity contribution in [3.05, 3.63) is 85.1 Å². The van der Waals surface area contributed by atoms with Crippen molar-refractivity contribution in [1.82, 2.24) is 0 Å². The summed E-state index contributed by atoms with van der Waals surface area (Å²) < 4.78 is 32.7. The fourth-order valence-corrected chi connectivity index (χ4v) is 5.73. The molecule has 0 aromatic rings. The first-order valence-electron chi connectivity index (χ1n) is 20.6. The van der Waals surface area contributed by atoms with Gasteiger partial charge in [-0.3, -0.25) is 18.6 Å². The van der Waals surface area contributed by atoms with Crippen LogP contribution in [0.15, 0.2) is 85.1 Å². The van der Waals surface area contributed by atoms with E-state index in [4.69, 9.17) is 24.3 Å². The van der Waals surface area contributed by atoms with Crippen molar-refractivity contribution >= 4 is 19.8 Å². The monoisotopic (exact) mass is 776 g/mol. The summed E-state index contributed by atoms with van der Waals surface area (Å²) in [6, 6.07) is 0. The Morgan fingerprint density at radius 2 is 1.02 bits per heavy atom. The van der Waals surface area contributed by atoms with Crippen LogP contribution in [-0.2, 0) is 32.7 Å². The van der Waals surface area contributed by atoms with Gasteiger partial charge in [0, 0.05) is 19.4 Å². The van der Waals surface area contributed by atoms with Crippen molar-refractivity contribution in [2.24, 2.45) is 5.73 Å². The third-order valence-electron chi connectivity index (χ3n) is 8.02. The summed E-state index contributed by atoms with van der Waals surface area (Å²) in [5, 5.41) is 0. The molecule has 0 bridgehead atoms. The first-order valence-corrected chi connectivity index (χ1v) is 22.1. The van der Waals surface area contributed by atoms with E-state index in [0.717, 1.165) is 96.3 Å². The molecular weight excluding hydrogens is 701 g/mol. The van der Waals surface area contributed by atoms with Crippen molar-refractivity contribution < 1.29 is 37.6 Å². The molecule has 1 unspecified atom stereocenters. The summed E-state index contributed by atoms with van der Waals surface area (Å²) in [6.07, 6.45) is 49.0. The highest BCUT2D eigenvalue weighted by molar-refractivity contribution is 7.47. The molecule has 3 N–H and O–H groups in total. The van der Waals surface area contributed by atoms with Gasteiger partial charge in [0.1, 0.15) is 6.61 Å². The second kappa shape index (κ2) is 39.9. The van der Waals surface area contributed by atoms with Gasteiger partial charge in [0.05, 0.1) is 13.2 Å². The zero-order valence-corrected chi connectivity index (χ0v) is 34.6. The fourth-order valence-electron chi connectivity index (χ4n) is 4.97. The van der Waals surface area contributed by atoms with Crippen LogP contribution in [-0.4, -0.2) is 49.3 Å². The summed E-state index contributed by atoms with van der Waals surface area (Å²) >= 11 is 0. The lowest BCUT2D eigenvalue weighted by atomic mass is 10.1. The quantitative estimate of drug-likeness (QED) is 0.0274. The number of allylic oxidation sites excluding steroid dienone is 14. The molecule has 0 fully saturated rings. The minimum absolute atomic E-state index is 0.0414. The maximum absolute atomic E-state index is 12.5. The van der Waals surface area contributed by atoms with Crippen LogP contribution < -0.4 is 5.73 Å². The Hall–Kier alpha value is -2.81. The average molecular weight is 776 g/mol. The molecule has 2 atom stereocenters. The van der Waals surface area contributed by atoms with E-state index in [0.29, 0.717) is 12.8 Å². The van der Waals surface area contributed by atoms with Crippen LogP contribution in [0, 0.1) is 0 Å². The van der Waals surface area contributed by atoms with Crippen LogP contribution in [0.5, 0.6) is 0 Å². The van der Waals surface area contributed by atoms with E-state index in [-0.39, 0.29) is 32.6 Å². The van der Waals surface area contributed by atoms with E-state index in [9.17, 15) is 19.0 Å². The van der Waals surface area contributed by atoms with Crippen LogP contribution in [0.1, 0.15) is 149 Å². The third-order valence-corrected chi connectivity index (χ3v) is 9.00. The molecular formula is C44H74NO8P. The van der Waals surface area contributed by atoms with Crippen LogP contribution >= 0.6 is 7.82 Å². The maximum atomic E-state index is 12.5. The summed E-state index contributed by atoms with van der Waals surface area (Å²) in [7, 11) is -4.39. The Balaban J connectivity index is 4.28. The summed E-state index contributed by atoms with van der Waals surface area (Å²) in [5.74, 6) is -0.893. The highest BCUT2D eigenvalue weighted by atomic mass is 31.2. The Morgan fingerprint density at radius 1 is 0.574 bits per heavy atom. The van der Waals surface area contributed by atoms with E-state index in [1.807, 2.05) is 0 Å². The van der Waals surface area contributed by atoms with Gasteiger partial charge < -0.3 is 20.1 Å². The van der Waals surface area contributed by atoms with Gasteiger partial charge in [0.15, 0.2) is 6.10 Å². The van der Waals surface area contributed by atoms with Crippen LogP contribution in [0.25, 0.3) is 0 Å². The molecule has 0 amide bonds. The lowest BCUT2D eigenvalue weighted by Gasteiger charge is -2.19. The van der Waals surface area contributed by atoms with E-state index in [1.54, 1.807) is 0 Å². The lowest BCUT2D eigenvalue weighted by Crippen LogP contribution is -2.29. The van der Waals surface area contributed by atoms with E-state index < -0.39 is 32.5 Å². The smallest absolute Gasteiger partial charge is 0.462 e. The van der Waals surface area contributed by atoms with Gasteiger partial charge in [-0.1, -0.05) is 137 Å². The zero-order valence-electron chi connectivity index (χ0n) is 33.7. The number of hydrogen-bond acceptors (Lipinski definition) is 8. The predicted molar refractivity (Wildman–Crippen MR) is 224 cm³/mol. The van der Waals surface area contributed by atoms with Crippen molar-refractivity contribution in [1.29, 1.82) is 0 Å². The predicted octanol–water partition coefficient (Wildman–Crippen LogP) is 11.7. The Labute approximate surface area is 328 Å². The Kier molecular flexibility index (Phi) is 37.8. The number of hydrogen-bond donors (Lipinski definition) is 2. The summed E-state index contributed by atoms with van der Waals surface area (Å²) in [5.41, 5.74) is 5.34. The second-order valence-corrected chi connectivity index (χ2v) is 14.6. The molecule has 9 nitrogen and oxygen atoms in total. The molecule has 308 valence electrons. The van der Waals surface area contributed by atoms with E-state index in [2.05, 4.69) is 98.9 Å². The molecule has 54 heavy (non-hydrogen) atoms. The average Bonchev–Trinajstić information content (AvgIpc) is 3.16. The summed E-state index contributed by atoms with van der Waals surface area (Å²) in [4.78, 5) is 34.8. The topological polar surface area (TPSA) is 134 Å². The molecule has 0 heterocycles. The van der Waals surface area contributed by atoms with Crippen LogP contribution in [0.4, 0.5) is 0 Å². The van der Waals surface area contributed by atoms with Gasteiger partial charge in [0.2, 0.25) is 0 Å². The molecule has 0 aromatic heterocycles. The third kappa shape index (κ3) is 38.9. The molecule has 0 aliphatic carbocycles. The van der Waals surface area contributed by atoms with Gasteiger partial charge in [0.25, 0.3) is 0 Å². The van der Waals surface area contributed by atoms with Gasteiger partial charge >= 0.3 is 19.8 Å². The van der Waals surface area contributed by atoms with E-state index in [1.165, 1.54) is 12.8 Å². The van der Waals surface area contributed by atoms with Gasteiger partial charge in [-0.25, -0.2) is 4.57 Å². The first kappa shape index (κ1) is 51.2. The molecule has 0 aliphatic heterocycles. The lowest BCUT2D eigenvalue weighted by molar-refractivity contribution is -0.161.